The van der Waals surface area contributed by atoms with Crippen molar-refractivity contribution in [3.05, 3.63) is 35.1 Å². The van der Waals surface area contributed by atoms with Gasteiger partial charge < -0.3 is 10.0 Å². The molecule has 1 aromatic rings. The fourth-order valence-electron chi connectivity index (χ4n) is 2.52. The van der Waals surface area contributed by atoms with Crippen LogP contribution in [0.3, 0.4) is 0 Å². The van der Waals surface area contributed by atoms with Crippen molar-refractivity contribution in [1.29, 1.82) is 0 Å². The zero-order valence-corrected chi connectivity index (χ0v) is 13.1. The highest BCUT2D eigenvalue weighted by Crippen LogP contribution is 2.23. The Labute approximate surface area is 125 Å². The van der Waals surface area contributed by atoms with Gasteiger partial charge in [0.1, 0.15) is 5.82 Å². The Morgan fingerprint density at radius 1 is 1.50 bits per heavy atom. The molecule has 0 radical (unpaired) electrons. The summed E-state index contributed by atoms with van der Waals surface area (Å²) in [4.78, 5) is 2.42. The van der Waals surface area contributed by atoms with Crippen LogP contribution in [0, 0.1) is 12.7 Å². The number of hydrogen-bond acceptors (Lipinski definition) is 3. The number of aliphatic hydroxyl groups excluding tert-OH is 1. The summed E-state index contributed by atoms with van der Waals surface area (Å²) < 4.78 is 13.5. The monoisotopic (exact) mass is 297 g/mol. The van der Waals surface area contributed by atoms with Gasteiger partial charge in [0.15, 0.2) is 0 Å². The Morgan fingerprint density at radius 2 is 2.30 bits per heavy atom. The molecule has 1 N–H and O–H groups in total. The third kappa shape index (κ3) is 4.21. The zero-order valence-electron chi connectivity index (χ0n) is 12.3. The minimum absolute atomic E-state index is 0.234. The van der Waals surface area contributed by atoms with Gasteiger partial charge in [0, 0.05) is 30.6 Å². The number of benzene rings is 1. The van der Waals surface area contributed by atoms with E-state index < -0.39 is 6.10 Å². The molecule has 0 spiro atoms. The van der Waals surface area contributed by atoms with Crippen molar-refractivity contribution in [3.63, 3.8) is 0 Å². The molecule has 1 aliphatic rings. The van der Waals surface area contributed by atoms with Gasteiger partial charge in [-0.05, 0) is 37.0 Å². The summed E-state index contributed by atoms with van der Waals surface area (Å²) >= 11 is 2.05. The molecule has 1 aromatic carbocycles. The van der Waals surface area contributed by atoms with Crippen LogP contribution in [0.2, 0.25) is 0 Å². The summed E-state index contributed by atoms with van der Waals surface area (Å²) in [6.45, 7) is 7.05. The van der Waals surface area contributed by atoms with Crippen molar-refractivity contribution < 1.29 is 9.50 Å². The van der Waals surface area contributed by atoms with Gasteiger partial charge in [-0.1, -0.05) is 19.1 Å². The van der Waals surface area contributed by atoms with E-state index in [0.29, 0.717) is 17.5 Å². The molecule has 1 aliphatic heterocycles. The minimum Gasteiger partial charge on any atom is -0.388 e. The molecule has 1 fully saturated rings. The number of aliphatic hydroxyl groups is 1. The maximum Gasteiger partial charge on any atom is 0.126 e. The summed E-state index contributed by atoms with van der Waals surface area (Å²) in [5.74, 6) is 0.940. The Hall–Kier alpha value is -0.580. The number of hydrogen-bond donors (Lipinski definition) is 1. The van der Waals surface area contributed by atoms with Gasteiger partial charge in [-0.2, -0.15) is 11.8 Å². The van der Waals surface area contributed by atoms with E-state index in [4.69, 9.17) is 0 Å². The Bertz CT molecular complexity index is 440. The third-order valence-corrected chi connectivity index (χ3v) is 5.35. The third-order valence-electron chi connectivity index (χ3n) is 3.98. The van der Waals surface area contributed by atoms with Crippen LogP contribution >= 0.6 is 11.8 Å². The molecule has 2 rings (SSSR count). The lowest BCUT2D eigenvalue weighted by Gasteiger charge is -2.32. The maximum absolute atomic E-state index is 13.5. The first-order valence-electron chi connectivity index (χ1n) is 7.38. The van der Waals surface area contributed by atoms with E-state index in [1.165, 1.54) is 18.2 Å². The predicted molar refractivity (Wildman–Crippen MR) is 83.7 cm³/mol. The lowest BCUT2D eigenvalue weighted by Crippen LogP contribution is -2.38. The van der Waals surface area contributed by atoms with E-state index in [1.54, 1.807) is 13.0 Å². The van der Waals surface area contributed by atoms with Crippen LogP contribution in [0.4, 0.5) is 4.39 Å². The second-order valence-corrected chi connectivity index (χ2v) is 6.92. The van der Waals surface area contributed by atoms with Crippen molar-refractivity contribution in [2.24, 2.45) is 0 Å². The van der Waals surface area contributed by atoms with Crippen LogP contribution in [0.15, 0.2) is 18.2 Å². The van der Waals surface area contributed by atoms with Crippen LogP contribution in [-0.4, -0.2) is 40.6 Å². The number of halogens is 1. The van der Waals surface area contributed by atoms with Gasteiger partial charge in [0.25, 0.3) is 0 Å². The quantitative estimate of drug-likeness (QED) is 0.901. The van der Waals surface area contributed by atoms with Gasteiger partial charge in [-0.25, -0.2) is 4.39 Å². The lowest BCUT2D eigenvalue weighted by atomic mass is 10.0. The van der Waals surface area contributed by atoms with Gasteiger partial charge in [0.2, 0.25) is 0 Å². The molecule has 1 heterocycles. The molecule has 0 aliphatic carbocycles. The van der Waals surface area contributed by atoms with Crippen molar-refractivity contribution in [3.8, 4) is 0 Å². The average Bonchev–Trinajstić information content (AvgIpc) is 2.47. The molecule has 0 aromatic heterocycles. The highest BCUT2D eigenvalue weighted by atomic mass is 32.2. The highest BCUT2D eigenvalue weighted by Gasteiger charge is 2.19. The fourth-order valence-corrected chi connectivity index (χ4v) is 3.77. The SMILES string of the molecule is CCC1CN(CCC(O)c2ccc(C)c(F)c2)CCS1. The zero-order chi connectivity index (χ0) is 14.5. The number of thioether (sulfide) groups is 1. The second-order valence-electron chi connectivity index (χ2n) is 5.51. The average molecular weight is 297 g/mol. The topological polar surface area (TPSA) is 23.5 Å². The molecule has 1 saturated heterocycles. The molecule has 0 bridgehead atoms. The smallest absolute Gasteiger partial charge is 0.126 e. The van der Waals surface area contributed by atoms with Gasteiger partial charge in [-0.3, -0.25) is 0 Å². The van der Waals surface area contributed by atoms with E-state index in [2.05, 4.69) is 11.8 Å². The van der Waals surface area contributed by atoms with Crippen molar-refractivity contribution in [2.45, 2.75) is 38.0 Å². The van der Waals surface area contributed by atoms with E-state index in [9.17, 15) is 9.50 Å². The first-order chi connectivity index (χ1) is 9.60. The molecular formula is C16H24FNOS. The molecule has 0 amide bonds. The Kier molecular flexibility index (Phi) is 5.87. The van der Waals surface area contributed by atoms with Crippen LogP contribution in [-0.2, 0) is 0 Å². The van der Waals surface area contributed by atoms with E-state index in [0.717, 1.165) is 24.9 Å². The van der Waals surface area contributed by atoms with Gasteiger partial charge in [0.05, 0.1) is 6.10 Å². The van der Waals surface area contributed by atoms with Crippen molar-refractivity contribution in [1.82, 2.24) is 4.90 Å². The predicted octanol–water partition coefficient (Wildman–Crippen LogP) is 3.39. The summed E-state index contributed by atoms with van der Waals surface area (Å²) in [6, 6.07) is 5.02. The van der Waals surface area contributed by atoms with Crippen LogP contribution in [0.5, 0.6) is 0 Å². The molecule has 112 valence electrons. The summed E-state index contributed by atoms with van der Waals surface area (Å²) in [5, 5.41) is 10.9. The maximum atomic E-state index is 13.5. The molecule has 4 heteroatoms. The van der Waals surface area contributed by atoms with E-state index >= 15 is 0 Å². The standard InChI is InChI=1S/C16H24FNOS/c1-3-14-11-18(8-9-20-14)7-6-16(19)13-5-4-12(2)15(17)10-13/h4-5,10,14,16,19H,3,6-9,11H2,1-2H3. The summed E-state index contributed by atoms with van der Waals surface area (Å²) in [6.07, 6.45) is 1.30. The number of rotatable bonds is 5. The molecule has 2 atom stereocenters. The van der Waals surface area contributed by atoms with Crippen LogP contribution < -0.4 is 0 Å². The summed E-state index contributed by atoms with van der Waals surface area (Å²) in [5.41, 5.74) is 1.31. The van der Waals surface area contributed by atoms with Crippen LogP contribution in [0.1, 0.15) is 37.0 Å². The summed E-state index contributed by atoms with van der Waals surface area (Å²) in [7, 11) is 0. The van der Waals surface area contributed by atoms with E-state index in [1.807, 2.05) is 17.8 Å². The van der Waals surface area contributed by atoms with Crippen LogP contribution in [0.25, 0.3) is 0 Å². The van der Waals surface area contributed by atoms with Gasteiger partial charge in [-0.15, -0.1) is 0 Å². The lowest BCUT2D eigenvalue weighted by molar-refractivity contribution is 0.142. The van der Waals surface area contributed by atoms with Crippen molar-refractivity contribution >= 4 is 11.8 Å². The molecule has 20 heavy (non-hydrogen) atoms. The minimum atomic E-state index is -0.570. The van der Waals surface area contributed by atoms with Crippen molar-refractivity contribution in [2.75, 3.05) is 25.4 Å². The Morgan fingerprint density at radius 3 is 3.00 bits per heavy atom. The second kappa shape index (κ2) is 7.43. The number of aryl methyl sites for hydroxylation is 1. The number of nitrogens with zero attached hydrogens (tertiary/aromatic N) is 1. The fraction of sp³-hybridized carbons (Fsp3) is 0.625. The Balaban J connectivity index is 1.85. The van der Waals surface area contributed by atoms with E-state index in [-0.39, 0.29) is 5.82 Å². The highest BCUT2D eigenvalue weighted by molar-refractivity contribution is 8.00. The first-order valence-corrected chi connectivity index (χ1v) is 8.43. The first kappa shape index (κ1) is 15.8. The van der Waals surface area contributed by atoms with Gasteiger partial charge >= 0.3 is 0 Å². The molecule has 2 nitrogen and oxygen atoms in total. The molecule has 2 unspecified atom stereocenters. The normalized spacial score (nSPS) is 21.9. The molecular weight excluding hydrogens is 273 g/mol. The molecule has 0 saturated carbocycles. The largest absolute Gasteiger partial charge is 0.388 e.